The fourth-order valence-electron chi connectivity index (χ4n) is 2.40. The molecule has 1 aliphatic heterocycles. The van der Waals surface area contributed by atoms with Crippen LogP contribution in [0.3, 0.4) is 0 Å². The molecule has 1 N–H and O–H groups in total. The number of nitrogens with one attached hydrogen (secondary N) is 1. The molecular weight excluding hydrogens is 246 g/mol. The predicted molar refractivity (Wildman–Crippen MR) is 73.7 cm³/mol. The fourth-order valence-corrected chi connectivity index (χ4v) is 2.99. The van der Waals surface area contributed by atoms with Gasteiger partial charge in [-0.2, -0.15) is 0 Å². The number of thiazole rings is 1. The van der Waals surface area contributed by atoms with Gasteiger partial charge in [-0.05, 0) is 25.8 Å². The summed E-state index contributed by atoms with van der Waals surface area (Å²) in [5, 5.41) is 5.35. The van der Waals surface area contributed by atoms with E-state index in [-0.39, 0.29) is 5.91 Å². The first-order chi connectivity index (χ1) is 8.81. The maximum Gasteiger partial charge on any atom is 0.223 e. The first-order valence-electron chi connectivity index (χ1n) is 6.68. The van der Waals surface area contributed by atoms with Gasteiger partial charge in [0.15, 0.2) is 0 Å². The molecule has 1 amide bonds. The van der Waals surface area contributed by atoms with Gasteiger partial charge in [0.2, 0.25) is 5.91 Å². The monoisotopic (exact) mass is 267 g/mol. The lowest BCUT2D eigenvalue weighted by molar-refractivity contribution is -0.133. The van der Waals surface area contributed by atoms with Gasteiger partial charge in [-0.15, -0.1) is 11.3 Å². The molecule has 100 valence electrons. The Bertz CT molecular complexity index is 360. The number of hydrogen-bond donors (Lipinski definition) is 1. The van der Waals surface area contributed by atoms with Crippen LogP contribution in [0.2, 0.25) is 0 Å². The van der Waals surface area contributed by atoms with Crippen molar-refractivity contribution in [3.63, 3.8) is 0 Å². The predicted octanol–water partition coefficient (Wildman–Crippen LogP) is 1.68. The molecule has 0 bridgehead atoms. The number of amides is 1. The highest BCUT2D eigenvalue weighted by atomic mass is 32.1. The van der Waals surface area contributed by atoms with Crippen LogP contribution in [0.25, 0.3) is 0 Å². The summed E-state index contributed by atoms with van der Waals surface area (Å²) in [4.78, 5) is 18.6. The molecule has 1 fully saturated rings. The van der Waals surface area contributed by atoms with E-state index in [2.05, 4.69) is 22.1 Å². The Balaban J connectivity index is 1.86. The van der Waals surface area contributed by atoms with E-state index in [1.165, 1.54) is 0 Å². The smallest absolute Gasteiger partial charge is 0.223 e. The maximum absolute atomic E-state index is 12.3. The van der Waals surface area contributed by atoms with Crippen LogP contribution < -0.4 is 5.32 Å². The van der Waals surface area contributed by atoms with E-state index < -0.39 is 0 Å². The maximum atomic E-state index is 12.3. The van der Waals surface area contributed by atoms with Gasteiger partial charge in [-0.3, -0.25) is 4.79 Å². The van der Waals surface area contributed by atoms with Crippen molar-refractivity contribution in [3.05, 3.63) is 16.6 Å². The Morgan fingerprint density at radius 3 is 3.17 bits per heavy atom. The van der Waals surface area contributed by atoms with Crippen molar-refractivity contribution in [2.24, 2.45) is 0 Å². The molecule has 0 saturated carbocycles. The number of rotatable bonds is 6. The van der Waals surface area contributed by atoms with Gasteiger partial charge in [0.25, 0.3) is 0 Å². The fraction of sp³-hybridized carbons (Fsp3) is 0.692. The van der Waals surface area contributed by atoms with E-state index in [9.17, 15) is 4.79 Å². The molecule has 2 rings (SSSR count). The molecule has 1 atom stereocenters. The van der Waals surface area contributed by atoms with Crippen molar-refractivity contribution in [3.8, 4) is 0 Å². The van der Waals surface area contributed by atoms with Crippen LogP contribution in [0.5, 0.6) is 0 Å². The van der Waals surface area contributed by atoms with E-state index in [1.54, 1.807) is 11.3 Å². The highest BCUT2D eigenvalue weighted by molar-refractivity contribution is 7.07. The largest absolute Gasteiger partial charge is 0.338 e. The summed E-state index contributed by atoms with van der Waals surface area (Å²) in [5.41, 5.74) is 2.86. The molecule has 0 radical (unpaired) electrons. The summed E-state index contributed by atoms with van der Waals surface area (Å²) in [7, 11) is 0. The van der Waals surface area contributed by atoms with E-state index in [0.717, 1.165) is 44.6 Å². The molecule has 0 aromatic carbocycles. The van der Waals surface area contributed by atoms with Gasteiger partial charge >= 0.3 is 0 Å². The van der Waals surface area contributed by atoms with Gasteiger partial charge in [0.1, 0.15) is 0 Å². The van der Waals surface area contributed by atoms with Crippen molar-refractivity contribution in [1.29, 1.82) is 0 Å². The quantitative estimate of drug-likeness (QED) is 0.853. The Labute approximate surface area is 112 Å². The number of nitrogens with zero attached hydrogens (tertiary/aromatic N) is 2. The van der Waals surface area contributed by atoms with E-state index in [4.69, 9.17) is 0 Å². The molecule has 0 aliphatic carbocycles. The highest BCUT2D eigenvalue weighted by Gasteiger charge is 2.25. The highest BCUT2D eigenvalue weighted by Crippen LogP contribution is 2.13. The number of hydrogen-bond acceptors (Lipinski definition) is 4. The number of carbonyl (C=O) groups is 1. The van der Waals surface area contributed by atoms with Crippen molar-refractivity contribution in [1.82, 2.24) is 15.2 Å². The lowest BCUT2D eigenvalue weighted by Crippen LogP contribution is -2.42. The third kappa shape index (κ3) is 3.53. The van der Waals surface area contributed by atoms with Crippen molar-refractivity contribution in [2.45, 2.75) is 38.6 Å². The topological polar surface area (TPSA) is 45.2 Å². The normalized spacial score (nSPS) is 19.1. The van der Waals surface area contributed by atoms with Crippen molar-refractivity contribution >= 4 is 17.2 Å². The second-order valence-corrected chi connectivity index (χ2v) is 5.43. The molecule has 1 unspecified atom stereocenters. The number of aromatic nitrogens is 1. The standard InChI is InChI=1S/C13H21N3OS/c1-2-7-16(12-5-6-14-8-12)13(17)4-3-11-9-18-10-15-11/h9-10,12,14H,2-8H2,1H3. The van der Waals surface area contributed by atoms with Gasteiger partial charge in [0.05, 0.1) is 11.2 Å². The summed E-state index contributed by atoms with van der Waals surface area (Å²) in [6.45, 7) is 4.98. The zero-order chi connectivity index (χ0) is 12.8. The minimum atomic E-state index is 0.276. The number of aryl methyl sites for hydroxylation is 1. The third-order valence-corrected chi connectivity index (χ3v) is 3.97. The summed E-state index contributed by atoms with van der Waals surface area (Å²) < 4.78 is 0. The Morgan fingerprint density at radius 1 is 1.67 bits per heavy atom. The minimum Gasteiger partial charge on any atom is -0.338 e. The van der Waals surface area contributed by atoms with Gasteiger partial charge < -0.3 is 10.2 Å². The van der Waals surface area contributed by atoms with Crippen LogP contribution in [0, 0.1) is 0 Å². The third-order valence-electron chi connectivity index (χ3n) is 3.34. The van der Waals surface area contributed by atoms with Crippen LogP contribution in [0.1, 0.15) is 31.9 Å². The lowest BCUT2D eigenvalue weighted by atomic mass is 10.1. The summed E-state index contributed by atoms with van der Waals surface area (Å²) in [5.74, 6) is 0.276. The summed E-state index contributed by atoms with van der Waals surface area (Å²) in [6.07, 6.45) is 3.46. The van der Waals surface area contributed by atoms with Crippen LogP contribution in [-0.4, -0.2) is 41.5 Å². The second kappa shape index (κ2) is 6.85. The van der Waals surface area contributed by atoms with Crippen LogP contribution in [-0.2, 0) is 11.2 Å². The van der Waals surface area contributed by atoms with E-state index in [1.807, 2.05) is 10.9 Å². The molecule has 5 heteroatoms. The van der Waals surface area contributed by atoms with Crippen LogP contribution in [0.4, 0.5) is 0 Å². The Hall–Kier alpha value is -0.940. The first kappa shape index (κ1) is 13.5. The molecule has 0 spiro atoms. The molecule has 1 aromatic heterocycles. The zero-order valence-corrected chi connectivity index (χ0v) is 11.7. The Morgan fingerprint density at radius 2 is 2.56 bits per heavy atom. The van der Waals surface area contributed by atoms with E-state index in [0.29, 0.717) is 12.5 Å². The molecule has 1 aromatic rings. The number of carbonyl (C=O) groups excluding carboxylic acids is 1. The second-order valence-electron chi connectivity index (χ2n) is 4.71. The van der Waals surface area contributed by atoms with Gasteiger partial charge in [-0.25, -0.2) is 4.98 Å². The first-order valence-corrected chi connectivity index (χ1v) is 7.62. The van der Waals surface area contributed by atoms with Gasteiger partial charge in [-0.1, -0.05) is 6.92 Å². The summed E-state index contributed by atoms with van der Waals surface area (Å²) in [6, 6.07) is 0.396. The molecule has 1 saturated heterocycles. The average Bonchev–Trinajstić information content (AvgIpc) is 3.05. The molecule has 2 heterocycles. The van der Waals surface area contributed by atoms with Gasteiger partial charge in [0, 0.05) is 30.9 Å². The van der Waals surface area contributed by atoms with Crippen LogP contribution >= 0.6 is 11.3 Å². The summed E-state index contributed by atoms with van der Waals surface area (Å²) >= 11 is 1.59. The molecule has 4 nitrogen and oxygen atoms in total. The Kier molecular flexibility index (Phi) is 5.13. The van der Waals surface area contributed by atoms with Crippen molar-refractivity contribution < 1.29 is 4.79 Å². The zero-order valence-electron chi connectivity index (χ0n) is 10.9. The molecular formula is C13H21N3OS. The molecule has 1 aliphatic rings. The lowest BCUT2D eigenvalue weighted by Gasteiger charge is -2.28. The minimum absolute atomic E-state index is 0.276. The van der Waals surface area contributed by atoms with Crippen LogP contribution in [0.15, 0.2) is 10.9 Å². The average molecular weight is 267 g/mol. The van der Waals surface area contributed by atoms with E-state index >= 15 is 0 Å². The molecule has 18 heavy (non-hydrogen) atoms. The SMILES string of the molecule is CCCN(C(=O)CCc1cscn1)C1CCNC1. The van der Waals surface area contributed by atoms with Crippen molar-refractivity contribution in [2.75, 3.05) is 19.6 Å².